The molecule has 2 aliphatic rings. The topological polar surface area (TPSA) is 42.8 Å². The molecule has 2 aliphatic heterocycles. The number of nitrogens with one attached hydrogen (secondary N) is 2. The van der Waals surface area contributed by atoms with Gasteiger partial charge in [0.05, 0.1) is 25.7 Å². The fraction of sp³-hybridized carbons (Fsp3) is 0.632. The number of piperidine rings is 2. The third-order valence-electron chi connectivity index (χ3n) is 5.50. The summed E-state index contributed by atoms with van der Waals surface area (Å²) in [5.74, 6) is 0.137. The Morgan fingerprint density at radius 1 is 1.15 bits per heavy atom. The average molecular weight is 421 g/mol. The third kappa shape index (κ3) is 5.26. The second-order valence-corrected chi connectivity index (χ2v) is 9.63. The van der Waals surface area contributed by atoms with Gasteiger partial charge in [0.2, 0.25) is 3.79 Å². The van der Waals surface area contributed by atoms with Crippen molar-refractivity contribution in [2.45, 2.75) is 48.2 Å². The van der Waals surface area contributed by atoms with Crippen LogP contribution in [0.15, 0.2) is 30.3 Å². The van der Waals surface area contributed by atoms with Crippen LogP contribution >= 0.6 is 34.8 Å². The molecule has 0 radical (unpaired) electrons. The van der Waals surface area contributed by atoms with Gasteiger partial charge in [0.15, 0.2) is 6.23 Å². The lowest BCUT2D eigenvalue weighted by atomic mass is 9.84. The van der Waals surface area contributed by atoms with E-state index in [1.807, 2.05) is 6.07 Å². The Bertz CT molecular complexity index is 592. The number of fused-ring (bicyclic) bond motifs is 1. The van der Waals surface area contributed by atoms with Crippen LogP contribution in [0.4, 0.5) is 0 Å². The van der Waals surface area contributed by atoms with Crippen LogP contribution < -0.4 is 10.2 Å². The van der Waals surface area contributed by atoms with Crippen LogP contribution in [0.5, 0.6) is 0 Å². The zero-order valence-electron chi connectivity index (χ0n) is 14.7. The molecule has 2 fully saturated rings. The van der Waals surface area contributed by atoms with Crippen molar-refractivity contribution < 1.29 is 14.4 Å². The van der Waals surface area contributed by atoms with Gasteiger partial charge >= 0.3 is 0 Å². The van der Waals surface area contributed by atoms with Gasteiger partial charge in [0.1, 0.15) is 0 Å². The summed E-state index contributed by atoms with van der Waals surface area (Å²) in [5, 5.41) is 2.72. The van der Waals surface area contributed by atoms with Gasteiger partial charge in [-0.25, -0.2) is 0 Å². The Balaban J connectivity index is 1.61. The molecule has 1 unspecified atom stereocenters. The van der Waals surface area contributed by atoms with E-state index >= 15 is 0 Å². The molecule has 1 amide bonds. The average Bonchev–Trinajstić information content (AvgIpc) is 2.64. The lowest BCUT2D eigenvalue weighted by molar-refractivity contribution is -0.940. The molecule has 2 heterocycles. The zero-order chi connectivity index (χ0) is 18.6. The fourth-order valence-electron chi connectivity index (χ4n) is 4.21. The first-order valence-electron chi connectivity index (χ1n) is 9.34. The van der Waals surface area contributed by atoms with Crippen LogP contribution in [0.2, 0.25) is 0 Å². The monoisotopic (exact) mass is 419 g/mol. The van der Waals surface area contributed by atoms with E-state index in [9.17, 15) is 4.79 Å². The summed E-state index contributed by atoms with van der Waals surface area (Å²) in [6, 6.07) is 9.50. The molecule has 7 heteroatoms. The van der Waals surface area contributed by atoms with E-state index in [-0.39, 0.29) is 5.91 Å². The van der Waals surface area contributed by atoms with Crippen LogP contribution in [0.3, 0.4) is 0 Å². The highest BCUT2D eigenvalue weighted by Gasteiger charge is 2.40. The van der Waals surface area contributed by atoms with Crippen LogP contribution in [0.25, 0.3) is 0 Å². The van der Waals surface area contributed by atoms with Gasteiger partial charge in [-0.1, -0.05) is 53.0 Å². The van der Waals surface area contributed by atoms with Crippen molar-refractivity contribution in [3.05, 3.63) is 35.9 Å². The summed E-state index contributed by atoms with van der Waals surface area (Å²) < 4.78 is 4.22. The Morgan fingerprint density at radius 2 is 1.88 bits per heavy atom. The molecular formula is C19H26Cl3N2O2+. The Labute approximate surface area is 170 Å². The molecule has 4 nitrogen and oxygen atoms in total. The lowest BCUT2D eigenvalue weighted by Gasteiger charge is -2.41. The van der Waals surface area contributed by atoms with Gasteiger partial charge in [0.25, 0.3) is 5.91 Å². The van der Waals surface area contributed by atoms with Gasteiger partial charge in [-0.2, -0.15) is 0 Å². The number of amides is 1. The number of carbonyl (C=O) groups is 1. The van der Waals surface area contributed by atoms with Gasteiger partial charge in [-0.3, -0.25) is 4.79 Å². The third-order valence-corrected chi connectivity index (χ3v) is 6.10. The summed E-state index contributed by atoms with van der Waals surface area (Å²) in [6.07, 6.45) is 5.18. The second kappa shape index (κ2) is 9.11. The maximum absolute atomic E-state index is 12.4. The number of halogens is 3. The van der Waals surface area contributed by atoms with E-state index in [1.165, 1.54) is 38.8 Å². The van der Waals surface area contributed by atoms with E-state index in [0.29, 0.717) is 24.1 Å². The zero-order valence-corrected chi connectivity index (χ0v) is 17.0. The van der Waals surface area contributed by atoms with E-state index < -0.39 is 10.0 Å². The molecule has 2 N–H and O–H groups in total. The molecule has 0 bridgehead atoms. The molecule has 0 aromatic heterocycles. The second-order valence-electron chi connectivity index (χ2n) is 7.26. The molecular weight excluding hydrogens is 395 g/mol. The number of rotatable bonds is 5. The van der Waals surface area contributed by atoms with E-state index in [2.05, 4.69) is 5.32 Å². The molecule has 2 saturated heterocycles. The van der Waals surface area contributed by atoms with Crippen molar-refractivity contribution in [2.75, 3.05) is 19.7 Å². The molecule has 0 aliphatic carbocycles. The summed E-state index contributed by atoms with van der Waals surface area (Å²) in [7, 11) is 0. The summed E-state index contributed by atoms with van der Waals surface area (Å²) in [6.45, 7) is 3.00. The molecule has 0 saturated carbocycles. The van der Waals surface area contributed by atoms with Crippen molar-refractivity contribution in [3.8, 4) is 0 Å². The van der Waals surface area contributed by atoms with Gasteiger partial charge in [0, 0.05) is 11.5 Å². The van der Waals surface area contributed by atoms with E-state index in [1.54, 1.807) is 29.2 Å². The SMILES string of the molecule is O=C(N[C@@H](OC[C@@H]1CCC[NH+]2CCCC[C@H]12)C(Cl)(Cl)Cl)c1ccccc1. The van der Waals surface area contributed by atoms with Gasteiger partial charge in [-0.05, 0) is 44.2 Å². The normalized spacial score (nSPS) is 27.4. The number of ether oxygens (including phenoxy) is 1. The molecule has 1 aromatic carbocycles. The summed E-state index contributed by atoms with van der Waals surface area (Å²) >= 11 is 18.2. The Kier molecular flexibility index (Phi) is 7.09. The first-order valence-corrected chi connectivity index (χ1v) is 10.5. The quantitative estimate of drug-likeness (QED) is 0.568. The summed E-state index contributed by atoms with van der Waals surface area (Å²) in [5.41, 5.74) is 0.510. The molecule has 3 rings (SSSR count). The highest BCUT2D eigenvalue weighted by molar-refractivity contribution is 6.68. The lowest BCUT2D eigenvalue weighted by Crippen LogP contribution is -3.18. The maximum atomic E-state index is 12.4. The molecule has 0 spiro atoms. The Morgan fingerprint density at radius 3 is 2.62 bits per heavy atom. The highest BCUT2D eigenvalue weighted by Crippen LogP contribution is 2.32. The first kappa shape index (κ1) is 20.2. The predicted octanol–water partition coefficient (Wildman–Crippen LogP) is 2.98. The number of quaternary nitrogens is 1. The minimum Gasteiger partial charge on any atom is -0.353 e. The van der Waals surface area contributed by atoms with E-state index in [0.717, 1.165) is 6.42 Å². The van der Waals surface area contributed by atoms with Crippen LogP contribution in [-0.2, 0) is 4.74 Å². The number of alkyl halides is 3. The Hall–Kier alpha value is -0.520. The maximum Gasteiger partial charge on any atom is 0.253 e. The fourth-order valence-corrected chi connectivity index (χ4v) is 4.56. The number of hydrogen-bond acceptors (Lipinski definition) is 2. The molecule has 1 aromatic rings. The van der Waals surface area contributed by atoms with Crippen molar-refractivity contribution >= 4 is 40.7 Å². The van der Waals surface area contributed by atoms with Crippen LogP contribution in [-0.4, -0.2) is 41.7 Å². The van der Waals surface area contributed by atoms with Gasteiger partial charge in [-0.15, -0.1) is 0 Å². The highest BCUT2D eigenvalue weighted by atomic mass is 35.6. The largest absolute Gasteiger partial charge is 0.353 e. The smallest absolute Gasteiger partial charge is 0.253 e. The number of benzene rings is 1. The minimum atomic E-state index is -1.72. The van der Waals surface area contributed by atoms with Crippen molar-refractivity contribution in [3.63, 3.8) is 0 Å². The molecule has 144 valence electrons. The summed E-state index contributed by atoms with van der Waals surface area (Å²) in [4.78, 5) is 14.1. The van der Waals surface area contributed by atoms with Crippen molar-refractivity contribution in [1.29, 1.82) is 0 Å². The van der Waals surface area contributed by atoms with Crippen molar-refractivity contribution in [1.82, 2.24) is 5.32 Å². The van der Waals surface area contributed by atoms with Crippen LogP contribution in [0, 0.1) is 5.92 Å². The van der Waals surface area contributed by atoms with E-state index in [4.69, 9.17) is 39.5 Å². The van der Waals surface area contributed by atoms with Crippen LogP contribution in [0.1, 0.15) is 42.5 Å². The predicted molar refractivity (Wildman–Crippen MR) is 105 cm³/mol. The molecule has 26 heavy (non-hydrogen) atoms. The van der Waals surface area contributed by atoms with Gasteiger partial charge < -0.3 is 15.0 Å². The number of hydrogen-bond donors (Lipinski definition) is 2. The van der Waals surface area contributed by atoms with Crippen molar-refractivity contribution in [2.24, 2.45) is 5.92 Å². The minimum absolute atomic E-state index is 0.310. The first-order chi connectivity index (χ1) is 12.4. The number of carbonyl (C=O) groups excluding carboxylic acids is 1. The molecule has 4 atom stereocenters. The standard InChI is InChI=1S/C19H25Cl3N2O2/c20-19(21,22)18(23-17(25)14-7-2-1-3-8-14)26-13-15-9-6-12-24-11-5-4-10-16(15)24/h1-3,7-8,15-16,18H,4-6,9-13H2,(H,23,25)/p+1/t15-,16+,18-/m0/s1.